The van der Waals surface area contributed by atoms with E-state index in [-0.39, 0.29) is 0 Å². The number of rotatable bonds is 3. The lowest BCUT2D eigenvalue weighted by molar-refractivity contribution is 1.62. The highest BCUT2D eigenvalue weighted by atomic mass is 14.2. The molecule has 0 heterocycles. The van der Waals surface area contributed by atoms with Crippen molar-refractivity contribution in [1.82, 2.24) is 0 Å². The maximum atomic E-state index is 2.44. The monoisotopic (exact) mass is 556 g/mol. The lowest BCUT2D eigenvalue weighted by Crippen LogP contribution is -1.95. The molecule has 0 aliphatic carbocycles. The van der Waals surface area contributed by atoms with E-state index < -0.39 is 0 Å². The number of fused-ring (bicyclic) bond motifs is 5. The van der Waals surface area contributed by atoms with E-state index in [1.807, 2.05) is 0 Å². The molecule has 0 aromatic heterocycles. The SMILES string of the molecule is c1ccc(-c2c(-c3cccc4cc5ccccc5cc34)c(-c3cccc4ccccc34)cc3cc4ccccc4cc23)cc1. The summed E-state index contributed by atoms with van der Waals surface area (Å²) in [7, 11) is 0. The Kier molecular flexibility index (Phi) is 5.61. The Morgan fingerprint density at radius 3 is 1.48 bits per heavy atom. The second kappa shape index (κ2) is 9.93. The molecule has 0 unspecified atom stereocenters. The zero-order valence-electron chi connectivity index (χ0n) is 24.2. The van der Waals surface area contributed by atoms with Crippen LogP contribution in [-0.4, -0.2) is 0 Å². The lowest BCUT2D eigenvalue weighted by atomic mass is 9.81. The molecule has 9 rings (SSSR count). The average molecular weight is 557 g/mol. The van der Waals surface area contributed by atoms with Crippen molar-refractivity contribution in [3.63, 3.8) is 0 Å². The van der Waals surface area contributed by atoms with Gasteiger partial charge in [0, 0.05) is 0 Å². The second-order valence-corrected chi connectivity index (χ2v) is 11.7. The minimum atomic E-state index is 1.22. The van der Waals surface area contributed by atoms with Crippen molar-refractivity contribution < 1.29 is 0 Å². The summed E-state index contributed by atoms with van der Waals surface area (Å²) < 4.78 is 0. The van der Waals surface area contributed by atoms with Gasteiger partial charge in [-0.3, -0.25) is 0 Å². The topological polar surface area (TPSA) is 0 Å². The third kappa shape index (κ3) is 3.92. The Morgan fingerprint density at radius 2 is 0.750 bits per heavy atom. The van der Waals surface area contributed by atoms with Gasteiger partial charge in [0.1, 0.15) is 0 Å². The van der Waals surface area contributed by atoms with Crippen LogP contribution in [0.15, 0.2) is 170 Å². The van der Waals surface area contributed by atoms with Gasteiger partial charge in [-0.1, -0.05) is 140 Å². The van der Waals surface area contributed by atoms with E-state index in [2.05, 4.69) is 170 Å². The average Bonchev–Trinajstić information content (AvgIpc) is 3.09. The molecule has 0 fully saturated rings. The zero-order valence-corrected chi connectivity index (χ0v) is 24.2. The molecule has 204 valence electrons. The van der Waals surface area contributed by atoms with Gasteiger partial charge in [0.2, 0.25) is 0 Å². The van der Waals surface area contributed by atoms with Crippen LogP contribution in [0, 0.1) is 0 Å². The minimum absolute atomic E-state index is 1.22. The molecular weight excluding hydrogens is 528 g/mol. The second-order valence-electron chi connectivity index (χ2n) is 11.7. The van der Waals surface area contributed by atoms with Crippen LogP contribution in [0.5, 0.6) is 0 Å². The molecule has 0 N–H and O–H groups in total. The fourth-order valence-corrected chi connectivity index (χ4v) is 7.13. The normalized spacial score (nSPS) is 11.6. The molecule has 0 aliphatic rings. The summed E-state index contributed by atoms with van der Waals surface area (Å²) in [6.07, 6.45) is 0. The largest absolute Gasteiger partial charge is 0.0622 e. The third-order valence-corrected chi connectivity index (χ3v) is 9.16. The van der Waals surface area contributed by atoms with E-state index in [0.29, 0.717) is 0 Å². The van der Waals surface area contributed by atoms with E-state index in [1.54, 1.807) is 0 Å². The van der Waals surface area contributed by atoms with Gasteiger partial charge in [0.05, 0.1) is 0 Å². The van der Waals surface area contributed by atoms with Crippen LogP contribution in [0.2, 0.25) is 0 Å². The van der Waals surface area contributed by atoms with E-state index in [0.717, 1.165) is 0 Å². The molecule has 0 amide bonds. The number of hydrogen-bond acceptors (Lipinski definition) is 0. The highest BCUT2D eigenvalue weighted by Crippen LogP contribution is 2.48. The molecule has 0 heteroatoms. The van der Waals surface area contributed by atoms with Gasteiger partial charge in [0.15, 0.2) is 0 Å². The summed E-state index contributed by atoms with van der Waals surface area (Å²) in [5.74, 6) is 0. The summed E-state index contributed by atoms with van der Waals surface area (Å²) in [6, 6.07) is 62.5. The van der Waals surface area contributed by atoms with Gasteiger partial charge < -0.3 is 0 Å². The molecule has 0 radical (unpaired) electrons. The lowest BCUT2D eigenvalue weighted by Gasteiger charge is -2.22. The van der Waals surface area contributed by atoms with Crippen LogP contribution in [-0.2, 0) is 0 Å². The Morgan fingerprint density at radius 1 is 0.227 bits per heavy atom. The molecule has 0 aliphatic heterocycles. The molecule has 0 bridgehead atoms. The van der Waals surface area contributed by atoms with Gasteiger partial charge >= 0.3 is 0 Å². The van der Waals surface area contributed by atoms with Crippen molar-refractivity contribution in [2.24, 2.45) is 0 Å². The molecule has 9 aromatic rings. The Balaban J connectivity index is 1.52. The maximum absolute atomic E-state index is 2.44. The first-order valence-corrected chi connectivity index (χ1v) is 15.3. The summed E-state index contributed by atoms with van der Waals surface area (Å²) in [5.41, 5.74) is 7.54. The van der Waals surface area contributed by atoms with Crippen LogP contribution < -0.4 is 0 Å². The minimum Gasteiger partial charge on any atom is -0.0622 e. The highest BCUT2D eigenvalue weighted by molar-refractivity contribution is 6.18. The summed E-state index contributed by atoms with van der Waals surface area (Å²) in [4.78, 5) is 0. The Labute approximate surface area is 256 Å². The first-order chi connectivity index (χ1) is 21.8. The molecule has 44 heavy (non-hydrogen) atoms. The predicted octanol–water partition coefficient (Wildman–Crippen LogP) is 12.5. The molecule has 0 nitrogen and oxygen atoms in total. The van der Waals surface area contributed by atoms with E-state index in [9.17, 15) is 0 Å². The smallest absolute Gasteiger partial charge is 0.00139 e. The van der Waals surface area contributed by atoms with Gasteiger partial charge in [-0.05, 0) is 118 Å². The first kappa shape index (κ1) is 24.8. The predicted molar refractivity (Wildman–Crippen MR) is 190 cm³/mol. The molecule has 0 atom stereocenters. The van der Waals surface area contributed by atoms with E-state index in [1.165, 1.54) is 87.2 Å². The molecular formula is C44H28. The fraction of sp³-hybridized carbons (Fsp3) is 0. The van der Waals surface area contributed by atoms with E-state index >= 15 is 0 Å². The third-order valence-electron chi connectivity index (χ3n) is 9.16. The van der Waals surface area contributed by atoms with Crippen molar-refractivity contribution in [3.05, 3.63) is 170 Å². The quantitative estimate of drug-likeness (QED) is 0.190. The van der Waals surface area contributed by atoms with Crippen LogP contribution in [0.3, 0.4) is 0 Å². The maximum Gasteiger partial charge on any atom is -0.00139 e. The first-order valence-electron chi connectivity index (χ1n) is 15.3. The van der Waals surface area contributed by atoms with Gasteiger partial charge in [0.25, 0.3) is 0 Å². The van der Waals surface area contributed by atoms with Gasteiger partial charge in [-0.15, -0.1) is 0 Å². The fourth-order valence-electron chi connectivity index (χ4n) is 7.13. The van der Waals surface area contributed by atoms with Crippen molar-refractivity contribution in [2.75, 3.05) is 0 Å². The molecule has 9 aromatic carbocycles. The van der Waals surface area contributed by atoms with Crippen LogP contribution >= 0.6 is 0 Å². The van der Waals surface area contributed by atoms with Crippen molar-refractivity contribution in [1.29, 1.82) is 0 Å². The molecule has 0 saturated carbocycles. The number of hydrogen-bond donors (Lipinski definition) is 0. The van der Waals surface area contributed by atoms with Crippen molar-refractivity contribution >= 4 is 53.9 Å². The standard InChI is InChI=1S/C44H28/c1-2-13-30(14-3-1)43-41-27-34-18-7-5-16-32(34)25-36(41)28-42(38-22-10-19-29-12-8-9-21-37(29)38)44(43)39-23-11-20-35-24-31-15-4-6-17-33(31)26-40(35)39/h1-28H. The van der Waals surface area contributed by atoms with E-state index in [4.69, 9.17) is 0 Å². The van der Waals surface area contributed by atoms with Crippen molar-refractivity contribution in [2.45, 2.75) is 0 Å². The summed E-state index contributed by atoms with van der Waals surface area (Å²) in [6.45, 7) is 0. The summed E-state index contributed by atoms with van der Waals surface area (Å²) >= 11 is 0. The van der Waals surface area contributed by atoms with Crippen LogP contribution in [0.1, 0.15) is 0 Å². The Bertz CT molecular complexity index is 2530. The highest BCUT2D eigenvalue weighted by Gasteiger charge is 2.21. The molecule has 0 saturated heterocycles. The summed E-state index contributed by atoms with van der Waals surface area (Å²) in [5, 5.41) is 12.6. The van der Waals surface area contributed by atoms with Gasteiger partial charge in [-0.25, -0.2) is 0 Å². The van der Waals surface area contributed by atoms with Gasteiger partial charge in [-0.2, -0.15) is 0 Å². The molecule has 0 spiro atoms. The zero-order chi connectivity index (χ0) is 29.0. The Hall–Kier alpha value is -5.72. The number of benzene rings is 9. The van der Waals surface area contributed by atoms with Crippen LogP contribution in [0.25, 0.3) is 87.2 Å². The van der Waals surface area contributed by atoms with Crippen molar-refractivity contribution in [3.8, 4) is 33.4 Å². The van der Waals surface area contributed by atoms with Crippen LogP contribution in [0.4, 0.5) is 0 Å².